The van der Waals surface area contributed by atoms with E-state index in [1.54, 1.807) is 0 Å². The van der Waals surface area contributed by atoms with E-state index in [1.165, 1.54) is 6.20 Å². The Morgan fingerprint density at radius 3 is 2.48 bits per heavy atom. The van der Waals surface area contributed by atoms with Gasteiger partial charge in [0, 0.05) is 17.6 Å². The Balaban J connectivity index is 2.17. The minimum Gasteiger partial charge on any atom is -0.360 e. The number of hydrogen-bond donors (Lipinski definition) is 2. The maximum atomic E-state index is 12.4. The molecule has 0 heterocycles. The quantitative estimate of drug-likeness (QED) is 0.605. The van der Waals surface area contributed by atoms with Crippen LogP contribution in [0.2, 0.25) is 0 Å². The molecule has 0 bridgehead atoms. The zero-order chi connectivity index (χ0) is 18.4. The summed E-state index contributed by atoms with van der Waals surface area (Å²) in [6.07, 6.45) is 1.45. The third-order valence-electron chi connectivity index (χ3n) is 3.95. The van der Waals surface area contributed by atoms with Gasteiger partial charge in [-0.2, -0.15) is 5.26 Å². The van der Waals surface area contributed by atoms with Gasteiger partial charge in [0.15, 0.2) is 0 Å². The number of hydrogen-bond acceptors (Lipinski definition) is 3. The Morgan fingerprint density at radius 1 is 1.12 bits per heavy atom. The molecule has 2 N–H and O–H groups in total. The molecule has 0 aliphatic rings. The van der Waals surface area contributed by atoms with Crippen molar-refractivity contribution in [1.82, 2.24) is 0 Å². The highest BCUT2D eigenvalue weighted by atomic mass is 16.1. The van der Waals surface area contributed by atoms with E-state index in [0.29, 0.717) is 0 Å². The molecular weight excluding hydrogens is 310 g/mol. The monoisotopic (exact) mass is 333 g/mol. The number of rotatable bonds is 5. The van der Waals surface area contributed by atoms with Crippen LogP contribution in [0.15, 0.2) is 54.2 Å². The number of amides is 1. The van der Waals surface area contributed by atoms with E-state index < -0.39 is 5.91 Å². The van der Waals surface area contributed by atoms with E-state index in [2.05, 4.69) is 24.5 Å². The number of nitrogens with zero attached hydrogens (tertiary/aromatic N) is 1. The second-order valence-corrected chi connectivity index (χ2v) is 6.33. The van der Waals surface area contributed by atoms with Crippen LogP contribution in [-0.2, 0) is 4.79 Å². The lowest BCUT2D eigenvalue weighted by molar-refractivity contribution is -0.112. The number of nitriles is 1. The molecule has 0 aliphatic heterocycles. The van der Waals surface area contributed by atoms with Gasteiger partial charge in [0.25, 0.3) is 5.91 Å². The fourth-order valence-corrected chi connectivity index (χ4v) is 2.58. The molecule has 4 nitrogen and oxygen atoms in total. The van der Waals surface area contributed by atoms with Crippen LogP contribution in [0.3, 0.4) is 0 Å². The summed E-state index contributed by atoms with van der Waals surface area (Å²) in [5.74, 6) is -0.146. The van der Waals surface area contributed by atoms with Crippen molar-refractivity contribution >= 4 is 17.3 Å². The highest BCUT2D eigenvalue weighted by Crippen LogP contribution is 2.24. The van der Waals surface area contributed by atoms with E-state index in [4.69, 9.17) is 0 Å². The molecule has 2 aromatic rings. The first-order valence-corrected chi connectivity index (χ1v) is 8.26. The van der Waals surface area contributed by atoms with E-state index in [0.717, 1.165) is 28.1 Å². The Kier molecular flexibility index (Phi) is 5.97. The van der Waals surface area contributed by atoms with Crippen LogP contribution in [0.25, 0.3) is 0 Å². The van der Waals surface area contributed by atoms with Gasteiger partial charge in [-0.1, -0.05) is 49.7 Å². The van der Waals surface area contributed by atoms with Crippen molar-refractivity contribution in [2.24, 2.45) is 0 Å². The van der Waals surface area contributed by atoms with Gasteiger partial charge in [0.05, 0.1) is 0 Å². The topological polar surface area (TPSA) is 64.9 Å². The molecule has 0 aromatic heterocycles. The minimum absolute atomic E-state index is 0.0264. The normalized spacial score (nSPS) is 11.1. The summed E-state index contributed by atoms with van der Waals surface area (Å²) >= 11 is 0. The molecule has 4 heteroatoms. The Morgan fingerprint density at radius 2 is 1.84 bits per heavy atom. The fraction of sp³-hybridized carbons (Fsp3) is 0.238. The molecule has 0 spiro atoms. The van der Waals surface area contributed by atoms with Crippen LogP contribution in [0.1, 0.15) is 36.5 Å². The Bertz CT molecular complexity index is 844. The summed E-state index contributed by atoms with van der Waals surface area (Å²) in [4.78, 5) is 12.4. The van der Waals surface area contributed by atoms with E-state index in [1.807, 2.05) is 62.4 Å². The van der Waals surface area contributed by atoms with Gasteiger partial charge >= 0.3 is 0 Å². The molecule has 0 saturated carbocycles. The third kappa shape index (κ3) is 4.71. The van der Waals surface area contributed by atoms with Crippen LogP contribution in [0.4, 0.5) is 11.4 Å². The van der Waals surface area contributed by atoms with Crippen LogP contribution in [0, 0.1) is 25.2 Å². The summed E-state index contributed by atoms with van der Waals surface area (Å²) in [6.45, 7) is 8.13. The number of anilines is 2. The summed E-state index contributed by atoms with van der Waals surface area (Å²) in [7, 11) is 0. The molecule has 128 valence electrons. The second-order valence-electron chi connectivity index (χ2n) is 6.33. The molecule has 0 aliphatic carbocycles. The maximum absolute atomic E-state index is 12.4. The van der Waals surface area contributed by atoms with E-state index >= 15 is 0 Å². The number of carbonyl (C=O) groups is 1. The SMILES string of the molecule is Cc1ccc(N/C=C(/C#N)C(=O)Nc2ccccc2C(C)C)c(C)c1. The maximum Gasteiger partial charge on any atom is 0.267 e. The van der Waals surface area contributed by atoms with Gasteiger partial charge in [0.2, 0.25) is 0 Å². The molecule has 0 fully saturated rings. The number of benzene rings is 2. The molecule has 1 amide bonds. The second kappa shape index (κ2) is 8.16. The molecule has 25 heavy (non-hydrogen) atoms. The fourth-order valence-electron chi connectivity index (χ4n) is 2.58. The van der Waals surface area contributed by atoms with Crippen molar-refractivity contribution in [3.05, 3.63) is 70.9 Å². The van der Waals surface area contributed by atoms with Crippen molar-refractivity contribution in [3.8, 4) is 6.07 Å². The summed E-state index contributed by atoms with van der Waals surface area (Å²) in [5, 5.41) is 15.2. The van der Waals surface area contributed by atoms with Gasteiger partial charge in [-0.05, 0) is 43.0 Å². The van der Waals surface area contributed by atoms with Gasteiger partial charge < -0.3 is 10.6 Å². The summed E-state index contributed by atoms with van der Waals surface area (Å²) in [6, 6.07) is 15.5. The molecule has 0 unspecified atom stereocenters. The van der Waals surface area contributed by atoms with Crippen LogP contribution < -0.4 is 10.6 Å². The van der Waals surface area contributed by atoms with Crippen molar-refractivity contribution < 1.29 is 4.79 Å². The molecule has 0 radical (unpaired) electrons. The zero-order valence-corrected chi connectivity index (χ0v) is 15.1. The standard InChI is InChI=1S/C21H23N3O/c1-14(2)18-7-5-6-8-20(18)24-21(25)17(12-22)13-23-19-10-9-15(3)11-16(19)4/h5-11,13-14,23H,1-4H3,(H,24,25)/b17-13-. The number of aryl methyl sites for hydroxylation is 2. The van der Waals surface area contributed by atoms with Crippen molar-refractivity contribution in [3.63, 3.8) is 0 Å². The lowest BCUT2D eigenvalue weighted by Gasteiger charge is -2.13. The lowest BCUT2D eigenvalue weighted by atomic mass is 10.0. The van der Waals surface area contributed by atoms with Crippen LogP contribution >= 0.6 is 0 Å². The average Bonchev–Trinajstić information content (AvgIpc) is 2.57. The first-order valence-electron chi connectivity index (χ1n) is 8.26. The molecule has 2 rings (SSSR count). The van der Waals surface area contributed by atoms with Gasteiger partial charge in [-0.15, -0.1) is 0 Å². The van der Waals surface area contributed by atoms with Crippen molar-refractivity contribution in [1.29, 1.82) is 5.26 Å². The number of para-hydroxylation sites is 1. The first-order chi connectivity index (χ1) is 11.9. The van der Waals surface area contributed by atoms with Gasteiger partial charge in [-0.3, -0.25) is 4.79 Å². The van der Waals surface area contributed by atoms with Crippen molar-refractivity contribution in [2.75, 3.05) is 10.6 Å². The van der Waals surface area contributed by atoms with Crippen LogP contribution in [-0.4, -0.2) is 5.91 Å². The lowest BCUT2D eigenvalue weighted by Crippen LogP contribution is -2.16. The van der Waals surface area contributed by atoms with Gasteiger partial charge in [0.1, 0.15) is 11.6 Å². The molecule has 0 saturated heterocycles. The number of nitrogens with one attached hydrogen (secondary N) is 2. The van der Waals surface area contributed by atoms with Crippen LogP contribution in [0.5, 0.6) is 0 Å². The summed E-state index contributed by atoms with van der Waals surface area (Å²) < 4.78 is 0. The predicted molar refractivity (Wildman–Crippen MR) is 102 cm³/mol. The number of carbonyl (C=O) groups excluding carboxylic acids is 1. The van der Waals surface area contributed by atoms with E-state index in [9.17, 15) is 10.1 Å². The smallest absolute Gasteiger partial charge is 0.267 e. The molecular formula is C21H23N3O. The molecule has 2 aromatic carbocycles. The zero-order valence-electron chi connectivity index (χ0n) is 15.1. The van der Waals surface area contributed by atoms with Gasteiger partial charge in [-0.25, -0.2) is 0 Å². The molecule has 0 atom stereocenters. The Labute approximate surface area is 149 Å². The third-order valence-corrected chi connectivity index (χ3v) is 3.95. The predicted octanol–water partition coefficient (Wildman–Crippen LogP) is 4.88. The first kappa shape index (κ1) is 18.3. The Hall–Kier alpha value is -3.06. The average molecular weight is 333 g/mol. The van der Waals surface area contributed by atoms with E-state index in [-0.39, 0.29) is 11.5 Å². The largest absolute Gasteiger partial charge is 0.360 e. The summed E-state index contributed by atoms with van der Waals surface area (Å²) in [5.41, 5.74) is 4.88. The minimum atomic E-state index is -0.423. The highest BCUT2D eigenvalue weighted by molar-refractivity contribution is 6.07. The van der Waals surface area contributed by atoms with Crippen molar-refractivity contribution in [2.45, 2.75) is 33.6 Å². The highest BCUT2D eigenvalue weighted by Gasteiger charge is 2.13.